The van der Waals surface area contributed by atoms with Crippen molar-refractivity contribution in [1.82, 2.24) is 9.88 Å². The molecule has 4 heteroatoms. The molecule has 0 atom stereocenters. The highest BCUT2D eigenvalue weighted by Gasteiger charge is 2.10. The van der Waals surface area contributed by atoms with Gasteiger partial charge in [0.2, 0.25) is 0 Å². The van der Waals surface area contributed by atoms with Crippen LogP contribution in [0.5, 0.6) is 0 Å². The van der Waals surface area contributed by atoms with Crippen LogP contribution in [0.4, 0.5) is 5.13 Å². The van der Waals surface area contributed by atoms with Crippen molar-refractivity contribution in [2.45, 2.75) is 47.1 Å². The van der Waals surface area contributed by atoms with Gasteiger partial charge in [0.25, 0.3) is 0 Å². The highest BCUT2D eigenvalue weighted by Crippen LogP contribution is 2.18. The van der Waals surface area contributed by atoms with Crippen LogP contribution in [0.15, 0.2) is 6.20 Å². The van der Waals surface area contributed by atoms with Gasteiger partial charge in [0.05, 0.1) is 0 Å². The molecular formula is C14H27N3S. The number of hydrogen-bond acceptors (Lipinski definition) is 4. The van der Waals surface area contributed by atoms with Gasteiger partial charge < -0.3 is 5.73 Å². The zero-order valence-corrected chi connectivity index (χ0v) is 13.0. The van der Waals surface area contributed by atoms with Crippen molar-refractivity contribution in [3.8, 4) is 0 Å². The molecular weight excluding hydrogens is 242 g/mol. The first-order valence-corrected chi connectivity index (χ1v) is 7.71. The van der Waals surface area contributed by atoms with E-state index < -0.39 is 0 Å². The molecule has 0 aliphatic heterocycles. The Balaban J connectivity index is 2.47. The summed E-state index contributed by atoms with van der Waals surface area (Å²) in [6.45, 7) is 12.5. The maximum atomic E-state index is 5.69. The summed E-state index contributed by atoms with van der Waals surface area (Å²) in [6.07, 6.45) is 4.43. The molecule has 0 aliphatic carbocycles. The summed E-state index contributed by atoms with van der Waals surface area (Å²) < 4.78 is 0. The van der Waals surface area contributed by atoms with Gasteiger partial charge in [-0.05, 0) is 37.8 Å². The standard InChI is InChI=1S/C14H27N3S/c1-11(2)5-7-17(8-6-12(3)4)10-13-9-16-14(15)18-13/h9,11-12H,5-8,10H2,1-4H3,(H2,15,16). The van der Waals surface area contributed by atoms with Gasteiger partial charge in [-0.25, -0.2) is 4.98 Å². The zero-order chi connectivity index (χ0) is 13.5. The molecule has 2 N–H and O–H groups in total. The Kier molecular flexibility index (Phi) is 6.65. The van der Waals surface area contributed by atoms with Crippen LogP contribution in [-0.4, -0.2) is 23.0 Å². The van der Waals surface area contributed by atoms with Crippen LogP contribution in [0.3, 0.4) is 0 Å². The Morgan fingerprint density at radius 1 is 1.17 bits per heavy atom. The maximum Gasteiger partial charge on any atom is 0.180 e. The predicted octanol–water partition coefficient (Wildman–Crippen LogP) is 3.62. The second-order valence-corrected chi connectivity index (χ2v) is 6.95. The third kappa shape index (κ3) is 6.36. The molecule has 0 bridgehead atoms. The summed E-state index contributed by atoms with van der Waals surface area (Å²) in [5.41, 5.74) is 5.69. The minimum atomic E-state index is 0.678. The molecule has 1 aromatic rings. The van der Waals surface area contributed by atoms with Gasteiger partial charge in [-0.15, -0.1) is 11.3 Å². The highest BCUT2D eigenvalue weighted by molar-refractivity contribution is 7.15. The van der Waals surface area contributed by atoms with Gasteiger partial charge in [0, 0.05) is 17.6 Å². The Hall–Kier alpha value is -0.610. The van der Waals surface area contributed by atoms with Crippen molar-refractivity contribution < 1.29 is 0 Å². The minimum Gasteiger partial charge on any atom is -0.375 e. The molecule has 0 fully saturated rings. The quantitative estimate of drug-likeness (QED) is 0.783. The van der Waals surface area contributed by atoms with E-state index in [1.807, 2.05) is 6.20 Å². The first-order valence-electron chi connectivity index (χ1n) is 6.90. The Morgan fingerprint density at radius 2 is 1.72 bits per heavy atom. The number of nitrogens with two attached hydrogens (primary N) is 1. The summed E-state index contributed by atoms with van der Waals surface area (Å²) >= 11 is 1.61. The van der Waals surface area contributed by atoms with E-state index in [1.54, 1.807) is 11.3 Å². The number of nitrogen functional groups attached to an aromatic ring is 1. The molecule has 18 heavy (non-hydrogen) atoms. The van der Waals surface area contributed by atoms with E-state index in [4.69, 9.17) is 5.73 Å². The lowest BCUT2D eigenvalue weighted by Gasteiger charge is -2.23. The second kappa shape index (κ2) is 7.74. The van der Waals surface area contributed by atoms with E-state index in [-0.39, 0.29) is 0 Å². The molecule has 104 valence electrons. The lowest BCUT2D eigenvalue weighted by atomic mass is 10.1. The number of nitrogens with zero attached hydrogens (tertiary/aromatic N) is 2. The molecule has 1 aromatic heterocycles. The molecule has 0 saturated carbocycles. The minimum absolute atomic E-state index is 0.678. The van der Waals surface area contributed by atoms with Gasteiger partial charge in [-0.2, -0.15) is 0 Å². The summed E-state index contributed by atoms with van der Waals surface area (Å²) in [5.74, 6) is 1.52. The lowest BCUT2D eigenvalue weighted by molar-refractivity contribution is 0.237. The smallest absolute Gasteiger partial charge is 0.180 e. The topological polar surface area (TPSA) is 42.2 Å². The monoisotopic (exact) mass is 269 g/mol. The van der Waals surface area contributed by atoms with E-state index in [9.17, 15) is 0 Å². The van der Waals surface area contributed by atoms with Crippen LogP contribution in [0.25, 0.3) is 0 Å². The lowest BCUT2D eigenvalue weighted by Crippen LogP contribution is -2.27. The molecule has 0 aromatic carbocycles. The van der Waals surface area contributed by atoms with E-state index in [0.717, 1.165) is 18.4 Å². The van der Waals surface area contributed by atoms with Crippen LogP contribution in [0, 0.1) is 11.8 Å². The molecule has 0 aliphatic rings. The van der Waals surface area contributed by atoms with Crippen molar-refractivity contribution in [3.63, 3.8) is 0 Å². The third-order valence-electron chi connectivity index (χ3n) is 3.00. The van der Waals surface area contributed by atoms with Crippen LogP contribution < -0.4 is 5.73 Å². The summed E-state index contributed by atoms with van der Waals surface area (Å²) in [4.78, 5) is 7.94. The predicted molar refractivity (Wildman–Crippen MR) is 80.7 cm³/mol. The average molecular weight is 269 g/mol. The third-order valence-corrected chi connectivity index (χ3v) is 3.81. The van der Waals surface area contributed by atoms with Crippen LogP contribution in [-0.2, 0) is 6.54 Å². The number of rotatable bonds is 8. The normalized spacial score (nSPS) is 11.9. The van der Waals surface area contributed by atoms with Crippen molar-refractivity contribution in [1.29, 1.82) is 0 Å². The number of thiazole rings is 1. The largest absolute Gasteiger partial charge is 0.375 e. The SMILES string of the molecule is CC(C)CCN(CCC(C)C)Cc1cnc(N)s1. The van der Waals surface area contributed by atoms with E-state index >= 15 is 0 Å². The summed E-state index contributed by atoms with van der Waals surface area (Å²) in [5, 5.41) is 0.678. The maximum absolute atomic E-state index is 5.69. The average Bonchev–Trinajstić information content (AvgIpc) is 2.67. The van der Waals surface area contributed by atoms with E-state index in [1.165, 1.54) is 30.8 Å². The van der Waals surface area contributed by atoms with Crippen LogP contribution in [0.2, 0.25) is 0 Å². The van der Waals surface area contributed by atoms with Gasteiger partial charge in [0.15, 0.2) is 5.13 Å². The number of aromatic nitrogens is 1. The van der Waals surface area contributed by atoms with E-state index in [2.05, 4.69) is 37.6 Å². The van der Waals surface area contributed by atoms with Gasteiger partial charge >= 0.3 is 0 Å². The number of anilines is 1. The van der Waals surface area contributed by atoms with Gasteiger partial charge in [-0.3, -0.25) is 4.90 Å². The van der Waals surface area contributed by atoms with Gasteiger partial charge in [0.1, 0.15) is 0 Å². The Labute approximate surface area is 115 Å². The Morgan fingerprint density at radius 3 is 2.11 bits per heavy atom. The van der Waals surface area contributed by atoms with Crippen molar-refractivity contribution in [2.24, 2.45) is 11.8 Å². The molecule has 0 radical (unpaired) electrons. The summed E-state index contributed by atoms with van der Waals surface area (Å²) in [6, 6.07) is 0. The van der Waals surface area contributed by atoms with Crippen molar-refractivity contribution in [3.05, 3.63) is 11.1 Å². The first kappa shape index (κ1) is 15.4. The number of hydrogen-bond donors (Lipinski definition) is 1. The molecule has 0 unspecified atom stereocenters. The first-order chi connectivity index (χ1) is 8.47. The van der Waals surface area contributed by atoms with Crippen LogP contribution in [0.1, 0.15) is 45.4 Å². The zero-order valence-electron chi connectivity index (χ0n) is 12.1. The fourth-order valence-electron chi connectivity index (χ4n) is 1.77. The Bertz CT molecular complexity index is 322. The molecule has 0 amide bonds. The van der Waals surface area contributed by atoms with E-state index in [0.29, 0.717) is 5.13 Å². The molecule has 1 heterocycles. The second-order valence-electron chi connectivity index (χ2n) is 5.81. The fraction of sp³-hybridized carbons (Fsp3) is 0.786. The van der Waals surface area contributed by atoms with Crippen LogP contribution >= 0.6 is 11.3 Å². The summed E-state index contributed by atoms with van der Waals surface area (Å²) in [7, 11) is 0. The molecule has 3 nitrogen and oxygen atoms in total. The van der Waals surface area contributed by atoms with Crippen molar-refractivity contribution >= 4 is 16.5 Å². The highest BCUT2D eigenvalue weighted by atomic mass is 32.1. The molecule has 0 saturated heterocycles. The molecule has 0 spiro atoms. The van der Waals surface area contributed by atoms with Gasteiger partial charge in [-0.1, -0.05) is 27.7 Å². The van der Waals surface area contributed by atoms with Crippen molar-refractivity contribution in [2.75, 3.05) is 18.8 Å². The fourth-order valence-corrected chi connectivity index (χ4v) is 2.49. The molecule has 1 rings (SSSR count).